The van der Waals surface area contributed by atoms with E-state index in [4.69, 9.17) is 0 Å². The van der Waals surface area contributed by atoms with Crippen LogP contribution in [0.4, 0.5) is 10.1 Å². The van der Waals surface area contributed by atoms with Crippen LogP contribution in [0, 0.1) is 5.82 Å². The standard InChI is InChI=1S/C20H20FN3O3/c21-14-7-5-13(6-8-14)11-12-22-18(25)10-9-17-20(27)23-16-4-2-1-3-15(16)19(26)24-17/h1-8,17H,9-12H2,(H,22,25)(H,23,27)(H,24,26)/t17-/m1/s1. The van der Waals surface area contributed by atoms with E-state index in [1.807, 2.05) is 0 Å². The molecular weight excluding hydrogens is 349 g/mol. The fourth-order valence-corrected chi connectivity index (χ4v) is 2.88. The predicted molar refractivity (Wildman–Crippen MR) is 98.7 cm³/mol. The van der Waals surface area contributed by atoms with Gasteiger partial charge in [-0.2, -0.15) is 0 Å². The van der Waals surface area contributed by atoms with Gasteiger partial charge in [0.05, 0.1) is 11.3 Å². The van der Waals surface area contributed by atoms with E-state index < -0.39 is 6.04 Å². The number of hydrogen-bond donors (Lipinski definition) is 3. The van der Waals surface area contributed by atoms with Gasteiger partial charge in [0.25, 0.3) is 5.91 Å². The van der Waals surface area contributed by atoms with Crippen molar-refractivity contribution in [2.24, 2.45) is 0 Å². The van der Waals surface area contributed by atoms with Crippen molar-refractivity contribution < 1.29 is 18.8 Å². The maximum atomic E-state index is 12.9. The molecule has 0 saturated carbocycles. The minimum Gasteiger partial charge on any atom is -0.356 e. The van der Waals surface area contributed by atoms with Gasteiger partial charge in [0.1, 0.15) is 11.9 Å². The van der Waals surface area contributed by atoms with Gasteiger partial charge in [0.15, 0.2) is 0 Å². The first kappa shape index (κ1) is 18.6. The Balaban J connectivity index is 1.46. The molecule has 27 heavy (non-hydrogen) atoms. The number of carbonyl (C=O) groups excluding carboxylic acids is 3. The quantitative estimate of drug-likeness (QED) is 0.728. The summed E-state index contributed by atoms with van der Waals surface area (Å²) < 4.78 is 12.9. The van der Waals surface area contributed by atoms with Gasteiger partial charge < -0.3 is 16.0 Å². The lowest BCUT2D eigenvalue weighted by atomic mass is 10.1. The molecule has 7 heteroatoms. The van der Waals surface area contributed by atoms with Crippen LogP contribution in [0.2, 0.25) is 0 Å². The van der Waals surface area contributed by atoms with Crippen LogP contribution in [-0.4, -0.2) is 30.3 Å². The molecule has 0 saturated heterocycles. The minimum atomic E-state index is -0.771. The molecule has 0 aliphatic carbocycles. The number of hydrogen-bond acceptors (Lipinski definition) is 3. The summed E-state index contributed by atoms with van der Waals surface area (Å²) in [6.07, 6.45) is 0.897. The van der Waals surface area contributed by atoms with E-state index >= 15 is 0 Å². The molecule has 1 aliphatic heterocycles. The molecule has 0 spiro atoms. The van der Waals surface area contributed by atoms with Gasteiger partial charge >= 0.3 is 0 Å². The molecule has 2 aromatic carbocycles. The summed E-state index contributed by atoms with van der Waals surface area (Å²) in [5, 5.41) is 8.14. The highest BCUT2D eigenvalue weighted by molar-refractivity contribution is 6.09. The Morgan fingerprint density at radius 1 is 1.07 bits per heavy atom. The molecule has 0 bridgehead atoms. The molecular formula is C20H20FN3O3. The lowest BCUT2D eigenvalue weighted by Gasteiger charge is -2.14. The second-order valence-electron chi connectivity index (χ2n) is 6.33. The largest absolute Gasteiger partial charge is 0.356 e. The second kappa shape index (κ2) is 8.44. The van der Waals surface area contributed by atoms with Crippen molar-refractivity contribution in [2.75, 3.05) is 11.9 Å². The number of amides is 3. The molecule has 1 heterocycles. The number of halogens is 1. The lowest BCUT2D eigenvalue weighted by molar-refractivity contribution is -0.121. The van der Waals surface area contributed by atoms with E-state index in [-0.39, 0.29) is 36.4 Å². The fraction of sp³-hybridized carbons (Fsp3) is 0.250. The lowest BCUT2D eigenvalue weighted by Crippen LogP contribution is -2.42. The van der Waals surface area contributed by atoms with Crippen molar-refractivity contribution in [3.63, 3.8) is 0 Å². The van der Waals surface area contributed by atoms with Crippen LogP contribution in [-0.2, 0) is 16.0 Å². The van der Waals surface area contributed by atoms with Gasteiger partial charge in [-0.1, -0.05) is 24.3 Å². The number of para-hydroxylation sites is 1. The maximum absolute atomic E-state index is 12.9. The smallest absolute Gasteiger partial charge is 0.254 e. The molecule has 6 nitrogen and oxygen atoms in total. The average molecular weight is 369 g/mol. The highest BCUT2D eigenvalue weighted by atomic mass is 19.1. The number of benzene rings is 2. The fourth-order valence-electron chi connectivity index (χ4n) is 2.88. The van der Waals surface area contributed by atoms with E-state index in [1.165, 1.54) is 12.1 Å². The number of nitrogens with one attached hydrogen (secondary N) is 3. The number of rotatable bonds is 6. The van der Waals surface area contributed by atoms with Gasteiger partial charge in [-0.25, -0.2) is 4.39 Å². The van der Waals surface area contributed by atoms with Gasteiger partial charge in [-0.05, 0) is 42.7 Å². The SMILES string of the molecule is O=C(CC[C@H]1NC(=O)c2ccccc2NC1=O)NCCc1ccc(F)cc1. The summed E-state index contributed by atoms with van der Waals surface area (Å²) in [6, 6.07) is 12.1. The van der Waals surface area contributed by atoms with Crippen molar-refractivity contribution in [2.45, 2.75) is 25.3 Å². The zero-order chi connectivity index (χ0) is 19.2. The molecule has 3 amide bonds. The monoisotopic (exact) mass is 369 g/mol. The van der Waals surface area contributed by atoms with Gasteiger partial charge in [-0.15, -0.1) is 0 Å². The molecule has 2 aromatic rings. The molecule has 0 radical (unpaired) electrons. The van der Waals surface area contributed by atoms with Gasteiger partial charge in [-0.3, -0.25) is 14.4 Å². The Labute approximate surface area is 156 Å². The van der Waals surface area contributed by atoms with Crippen LogP contribution < -0.4 is 16.0 Å². The summed E-state index contributed by atoms with van der Waals surface area (Å²) in [5.74, 6) is -1.19. The van der Waals surface area contributed by atoms with Crippen LogP contribution in [0.1, 0.15) is 28.8 Å². The summed E-state index contributed by atoms with van der Waals surface area (Å²) >= 11 is 0. The van der Waals surface area contributed by atoms with Gasteiger partial charge in [0, 0.05) is 13.0 Å². The van der Waals surface area contributed by atoms with Crippen LogP contribution in [0.5, 0.6) is 0 Å². The van der Waals surface area contributed by atoms with Crippen LogP contribution in [0.15, 0.2) is 48.5 Å². The molecule has 3 rings (SSSR count). The first-order chi connectivity index (χ1) is 13.0. The third-order valence-corrected chi connectivity index (χ3v) is 4.36. The second-order valence-corrected chi connectivity index (χ2v) is 6.33. The molecule has 140 valence electrons. The van der Waals surface area contributed by atoms with E-state index in [0.717, 1.165) is 5.56 Å². The normalized spacial score (nSPS) is 16.0. The van der Waals surface area contributed by atoms with Crippen molar-refractivity contribution in [1.29, 1.82) is 0 Å². The van der Waals surface area contributed by atoms with Gasteiger partial charge in [0.2, 0.25) is 11.8 Å². The Hall–Kier alpha value is -3.22. The summed E-state index contributed by atoms with van der Waals surface area (Å²) in [6.45, 7) is 0.416. The van der Waals surface area contributed by atoms with Crippen molar-refractivity contribution >= 4 is 23.4 Å². The highest BCUT2D eigenvalue weighted by Gasteiger charge is 2.27. The van der Waals surface area contributed by atoms with E-state index in [0.29, 0.717) is 24.2 Å². The summed E-state index contributed by atoms with van der Waals surface area (Å²) in [7, 11) is 0. The zero-order valence-electron chi connectivity index (χ0n) is 14.6. The third kappa shape index (κ3) is 4.91. The highest BCUT2D eigenvalue weighted by Crippen LogP contribution is 2.19. The Kier molecular flexibility index (Phi) is 5.80. The Morgan fingerprint density at radius 3 is 2.59 bits per heavy atom. The van der Waals surface area contributed by atoms with Crippen LogP contribution in [0.3, 0.4) is 0 Å². The third-order valence-electron chi connectivity index (χ3n) is 4.36. The number of carbonyl (C=O) groups is 3. The number of anilines is 1. The zero-order valence-corrected chi connectivity index (χ0v) is 14.6. The summed E-state index contributed by atoms with van der Waals surface area (Å²) in [5.41, 5.74) is 1.79. The van der Waals surface area contributed by atoms with E-state index in [2.05, 4.69) is 16.0 Å². The van der Waals surface area contributed by atoms with Crippen molar-refractivity contribution in [3.8, 4) is 0 Å². The Morgan fingerprint density at radius 2 is 1.81 bits per heavy atom. The molecule has 0 fully saturated rings. The molecule has 0 aromatic heterocycles. The van der Waals surface area contributed by atoms with Crippen LogP contribution in [0.25, 0.3) is 0 Å². The first-order valence-corrected chi connectivity index (χ1v) is 8.75. The molecule has 0 unspecified atom stereocenters. The average Bonchev–Trinajstić information content (AvgIpc) is 2.78. The topological polar surface area (TPSA) is 87.3 Å². The molecule has 1 atom stereocenters. The number of fused-ring (bicyclic) bond motifs is 1. The first-order valence-electron chi connectivity index (χ1n) is 8.75. The van der Waals surface area contributed by atoms with Crippen molar-refractivity contribution in [3.05, 3.63) is 65.5 Å². The minimum absolute atomic E-state index is 0.109. The van der Waals surface area contributed by atoms with Crippen molar-refractivity contribution in [1.82, 2.24) is 10.6 Å². The predicted octanol–water partition coefficient (Wildman–Crippen LogP) is 2.02. The maximum Gasteiger partial charge on any atom is 0.254 e. The summed E-state index contributed by atoms with van der Waals surface area (Å²) in [4.78, 5) is 36.5. The molecule has 1 aliphatic rings. The van der Waals surface area contributed by atoms with E-state index in [1.54, 1.807) is 36.4 Å². The molecule has 3 N–H and O–H groups in total. The Bertz CT molecular complexity index is 852. The van der Waals surface area contributed by atoms with Crippen LogP contribution >= 0.6 is 0 Å². The van der Waals surface area contributed by atoms with E-state index in [9.17, 15) is 18.8 Å².